The van der Waals surface area contributed by atoms with Crippen LogP contribution in [-0.2, 0) is 0 Å². The van der Waals surface area contributed by atoms with E-state index in [0.717, 1.165) is 12.8 Å². The second kappa shape index (κ2) is 7.25. The van der Waals surface area contributed by atoms with Crippen LogP contribution in [0.2, 0.25) is 5.02 Å². The second-order valence-electron chi connectivity index (χ2n) is 4.21. The van der Waals surface area contributed by atoms with Gasteiger partial charge in [0.05, 0.1) is 15.6 Å². The first-order valence-corrected chi connectivity index (χ1v) is 6.74. The molecule has 0 bridgehead atoms. The summed E-state index contributed by atoms with van der Waals surface area (Å²) in [6.45, 7) is 4.11. The molecule has 1 atom stereocenters. The van der Waals surface area contributed by atoms with Crippen LogP contribution < -0.4 is 10.6 Å². The van der Waals surface area contributed by atoms with Crippen LogP contribution in [0.15, 0.2) is 18.2 Å². The van der Waals surface area contributed by atoms with Crippen molar-refractivity contribution in [2.24, 2.45) is 0 Å². The maximum atomic E-state index is 10.7. The monoisotopic (exact) mass is 301 g/mol. The molecule has 0 saturated heterocycles. The Morgan fingerprint density at radius 1 is 1.58 bits per heavy atom. The zero-order valence-electron chi connectivity index (χ0n) is 10.8. The molecule has 1 rings (SSSR count). The number of thiocarbonyl (C=S) groups is 1. The highest BCUT2D eigenvalue weighted by atomic mass is 35.5. The molecule has 0 heterocycles. The molecule has 7 heteroatoms. The lowest BCUT2D eigenvalue weighted by molar-refractivity contribution is -0.384. The topological polar surface area (TPSA) is 67.2 Å². The minimum absolute atomic E-state index is 0.0312. The van der Waals surface area contributed by atoms with E-state index >= 15 is 0 Å². The summed E-state index contributed by atoms with van der Waals surface area (Å²) in [6, 6.07) is 4.42. The van der Waals surface area contributed by atoms with Crippen LogP contribution in [-0.4, -0.2) is 16.1 Å². The van der Waals surface area contributed by atoms with Crippen molar-refractivity contribution in [2.45, 2.75) is 32.7 Å². The van der Waals surface area contributed by atoms with Gasteiger partial charge in [0.1, 0.15) is 0 Å². The van der Waals surface area contributed by atoms with Gasteiger partial charge in [0.15, 0.2) is 5.11 Å². The SMILES string of the molecule is CCCC(C)NC(=S)Nc1cc([N+](=O)[O-])ccc1Cl. The van der Waals surface area contributed by atoms with Crippen molar-refractivity contribution in [3.8, 4) is 0 Å². The minimum Gasteiger partial charge on any atom is -0.360 e. The normalized spacial score (nSPS) is 11.7. The van der Waals surface area contributed by atoms with Crippen molar-refractivity contribution >= 4 is 40.3 Å². The smallest absolute Gasteiger partial charge is 0.271 e. The van der Waals surface area contributed by atoms with Gasteiger partial charge in [0, 0.05) is 18.2 Å². The maximum absolute atomic E-state index is 10.7. The van der Waals surface area contributed by atoms with E-state index in [0.29, 0.717) is 15.8 Å². The molecule has 0 aliphatic heterocycles. The third-order valence-electron chi connectivity index (χ3n) is 2.51. The molecule has 0 amide bonds. The van der Waals surface area contributed by atoms with Gasteiger partial charge in [-0.2, -0.15) is 0 Å². The molecule has 0 saturated carbocycles. The number of nitro groups is 1. The van der Waals surface area contributed by atoms with Gasteiger partial charge >= 0.3 is 0 Å². The highest BCUT2D eigenvalue weighted by Crippen LogP contribution is 2.26. The van der Waals surface area contributed by atoms with Gasteiger partial charge < -0.3 is 10.6 Å². The van der Waals surface area contributed by atoms with Crippen LogP contribution in [0, 0.1) is 10.1 Å². The first kappa shape index (κ1) is 15.7. The number of halogens is 1. The molecule has 0 radical (unpaired) electrons. The zero-order chi connectivity index (χ0) is 14.4. The Hall–Kier alpha value is -1.40. The van der Waals surface area contributed by atoms with Crippen LogP contribution in [0.1, 0.15) is 26.7 Å². The van der Waals surface area contributed by atoms with E-state index in [2.05, 4.69) is 17.6 Å². The number of hydrogen-bond donors (Lipinski definition) is 2. The molecule has 0 aliphatic rings. The first-order chi connectivity index (χ1) is 8.93. The third-order valence-corrected chi connectivity index (χ3v) is 3.06. The number of rotatable bonds is 5. The van der Waals surface area contributed by atoms with E-state index in [1.165, 1.54) is 18.2 Å². The minimum atomic E-state index is -0.475. The number of benzene rings is 1. The summed E-state index contributed by atoms with van der Waals surface area (Å²) in [5.41, 5.74) is 0.397. The lowest BCUT2D eigenvalue weighted by atomic mass is 10.2. The standard InChI is InChI=1S/C12H16ClN3O2S/c1-3-4-8(2)14-12(19)15-11-7-9(16(17)18)5-6-10(11)13/h5-8H,3-4H2,1-2H3,(H2,14,15,19). The number of nitrogens with one attached hydrogen (secondary N) is 2. The van der Waals surface area contributed by atoms with Crippen molar-refractivity contribution in [3.05, 3.63) is 33.3 Å². The molecule has 0 fully saturated rings. The second-order valence-corrected chi connectivity index (χ2v) is 5.02. The summed E-state index contributed by atoms with van der Waals surface area (Å²) in [5, 5.41) is 17.5. The van der Waals surface area contributed by atoms with Crippen molar-refractivity contribution in [1.82, 2.24) is 5.32 Å². The summed E-state index contributed by atoms with van der Waals surface area (Å²) in [7, 11) is 0. The van der Waals surface area contributed by atoms with E-state index < -0.39 is 4.92 Å². The maximum Gasteiger partial charge on any atom is 0.271 e. The van der Waals surface area contributed by atoms with Crippen LogP contribution in [0.25, 0.3) is 0 Å². The molecule has 2 N–H and O–H groups in total. The van der Waals surface area contributed by atoms with Gasteiger partial charge in [-0.1, -0.05) is 24.9 Å². The quantitative estimate of drug-likeness (QED) is 0.493. The molecule has 0 aliphatic carbocycles. The largest absolute Gasteiger partial charge is 0.360 e. The number of anilines is 1. The number of hydrogen-bond acceptors (Lipinski definition) is 3. The lowest BCUT2D eigenvalue weighted by Crippen LogP contribution is -2.35. The summed E-state index contributed by atoms with van der Waals surface area (Å²) < 4.78 is 0. The molecule has 1 aromatic rings. The Bertz CT molecular complexity index is 482. The fourth-order valence-corrected chi connectivity index (χ4v) is 2.09. The van der Waals surface area contributed by atoms with Crippen LogP contribution in [0.5, 0.6) is 0 Å². The van der Waals surface area contributed by atoms with Gasteiger partial charge in [-0.25, -0.2) is 0 Å². The Labute approximate surface area is 122 Å². The fourth-order valence-electron chi connectivity index (χ4n) is 1.61. The Morgan fingerprint density at radius 3 is 2.84 bits per heavy atom. The number of nitrogens with zero attached hydrogens (tertiary/aromatic N) is 1. The summed E-state index contributed by atoms with van der Waals surface area (Å²) in [6.07, 6.45) is 2.04. The van der Waals surface area contributed by atoms with Crippen molar-refractivity contribution in [2.75, 3.05) is 5.32 Å². The predicted molar refractivity (Wildman–Crippen MR) is 81.8 cm³/mol. The zero-order valence-corrected chi connectivity index (χ0v) is 12.3. The average Bonchev–Trinajstić information content (AvgIpc) is 2.31. The van der Waals surface area contributed by atoms with Crippen molar-refractivity contribution in [1.29, 1.82) is 0 Å². The molecular weight excluding hydrogens is 286 g/mol. The molecular formula is C12H16ClN3O2S. The summed E-state index contributed by atoms with van der Waals surface area (Å²) >= 11 is 11.1. The van der Waals surface area contributed by atoms with E-state index in [-0.39, 0.29) is 11.7 Å². The van der Waals surface area contributed by atoms with Crippen molar-refractivity contribution in [3.63, 3.8) is 0 Å². The lowest BCUT2D eigenvalue weighted by Gasteiger charge is -2.16. The van der Waals surface area contributed by atoms with Gasteiger partial charge in [-0.15, -0.1) is 0 Å². The van der Waals surface area contributed by atoms with Crippen molar-refractivity contribution < 1.29 is 4.92 Å². The number of nitro benzene ring substituents is 1. The molecule has 104 valence electrons. The summed E-state index contributed by atoms with van der Waals surface area (Å²) in [5.74, 6) is 0. The van der Waals surface area contributed by atoms with E-state index in [9.17, 15) is 10.1 Å². The molecule has 0 aromatic heterocycles. The molecule has 1 unspecified atom stereocenters. The molecule has 5 nitrogen and oxygen atoms in total. The Kier molecular flexibility index (Phi) is 5.98. The van der Waals surface area contributed by atoms with Crippen LogP contribution in [0.3, 0.4) is 0 Å². The van der Waals surface area contributed by atoms with Gasteiger partial charge in [-0.05, 0) is 31.6 Å². The first-order valence-electron chi connectivity index (χ1n) is 5.95. The Morgan fingerprint density at radius 2 is 2.26 bits per heavy atom. The highest BCUT2D eigenvalue weighted by Gasteiger charge is 2.11. The molecule has 1 aromatic carbocycles. The van der Waals surface area contributed by atoms with Crippen LogP contribution >= 0.6 is 23.8 Å². The van der Waals surface area contributed by atoms with E-state index in [1.54, 1.807) is 0 Å². The third kappa shape index (κ3) is 5.00. The van der Waals surface area contributed by atoms with Gasteiger partial charge in [0.2, 0.25) is 0 Å². The Balaban J connectivity index is 2.73. The fraction of sp³-hybridized carbons (Fsp3) is 0.417. The molecule has 19 heavy (non-hydrogen) atoms. The van der Waals surface area contributed by atoms with Crippen LogP contribution in [0.4, 0.5) is 11.4 Å². The van der Waals surface area contributed by atoms with Gasteiger partial charge in [-0.3, -0.25) is 10.1 Å². The van der Waals surface area contributed by atoms with E-state index in [1.807, 2.05) is 6.92 Å². The highest BCUT2D eigenvalue weighted by molar-refractivity contribution is 7.80. The summed E-state index contributed by atoms with van der Waals surface area (Å²) in [4.78, 5) is 10.2. The number of non-ortho nitro benzene ring substituents is 1. The average molecular weight is 302 g/mol. The van der Waals surface area contributed by atoms with E-state index in [4.69, 9.17) is 23.8 Å². The molecule has 0 spiro atoms. The van der Waals surface area contributed by atoms with Gasteiger partial charge in [0.25, 0.3) is 5.69 Å². The predicted octanol–water partition coefficient (Wildman–Crippen LogP) is 3.72.